The molecule has 2 aliphatic rings. The summed E-state index contributed by atoms with van der Waals surface area (Å²) in [6.07, 6.45) is 5.74. The maximum absolute atomic E-state index is 5.46. The lowest BCUT2D eigenvalue weighted by Gasteiger charge is -2.28. The first-order valence-corrected chi connectivity index (χ1v) is 7.57. The highest BCUT2D eigenvalue weighted by Crippen LogP contribution is 2.30. The summed E-state index contributed by atoms with van der Waals surface area (Å²) < 4.78 is 7.76. The fourth-order valence-corrected chi connectivity index (χ4v) is 3.26. The molecule has 2 aromatic rings. The van der Waals surface area contributed by atoms with Gasteiger partial charge in [0, 0.05) is 44.6 Å². The average Bonchev–Trinajstić information content (AvgIpc) is 3.00. The average molecular weight is 285 g/mol. The number of ether oxygens (including phenoxy) is 1. The van der Waals surface area contributed by atoms with Crippen molar-refractivity contribution < 1.29 is 4.74 Å². The van der Waals surface area contributed by atoms with Crippen LogP contribution in [-0.4, -0.2) is 39.5 Å². The Morgan fingerprint density at radius 3 is 2.67 bits per heavy atom. The number of fused-ring (bicyclic) bond motifs is 1. The van der Waals surface area contributed by atoms with Gasteiger partial charge in [0.2, 0.25) is 0 Å². The Labute approximate surface area is 123 Å². The van der Waals surface area contributed by atoms with E-state index in [4.69, 9.17) is 4.74 Å². The van der Waals surface area contributed by atoms with Gasteiger partial charge in [-0.05, 0) is 30.5 Å². The monoisotopic (exact) mass is 285 g/mol. The smallest absolute Gasteiger partial charge is 0.154 e. The van der Waals surface area contributed by atoms with E-state index in [1.807, 2.05) is 24.5 Å². The van der Waals surface area contributed by atoms with Crippen LogP contribution in [0.15, 0.2) is 24.5 Å². The first-order chi connectivity index (χ1) is 10.4. The second-order valence-electron chi connectivity index (χ2n) is 5.62. The fourth-order valence-electron chi connectivity index (χ4n) is 3.26. The van der Waals surface area contributed by atoms with Gasteiger partial charge in [-0.15, -0.1) is 10.2 Å². The molecule has 21 heavy (non-hydrogen) atoms. The Kier molecular flexibility index (Phi) is 3.40. The van der Waals surface area contributed by atoms with E-state index in [0.29, 0.717) is 5.92 Å². The Morgan fingerprint density at radius 2 is 1.86 bits per heavy atom. The SMILES string of the molecule is c1cc(C2NCCn3c(C4CCOCC4)nnc32)ccn1. The predicted molar refractivity (Wildman–Crippen MR) is 76.9 cm³/mol. The maximum atomic E-state index is 5.46. The Morgan fingerprint density at radius 1 is 1.10 bits per heavy atom. The van der Waals surface area contributed by atoms with E-state index in [9.17, 15) is 0 Å². The molecular formula is C15H19N5O. The van der Waals surface area contributed by atoms with Gasteiger partial charge in [-0.25, -0.2) is 0 Å². The van der Waals surface area contributed by atoms with Crippen LogP contribution in [0.3, 0.4) is 0 Å². The van der Waals surface area contributed by atoms with Gasteiger partial charge < -0.3 is 14.6 Å². The maximum Gasteiger partial charge on any atom is 0.154 e. The number of aromatic nitrogens is 4. The summed E-state index contributed by atoms with van der Waals surface area (Å²) >= 11 is 0. The Hall–Kier alpha value is -1.79. The third-order valence-corrected chi connectivity index (χ3v) is 4.38. The minimum atomic E-state index is 0.114. The first kappa shape index (κ1) is 12.9. The molecule has 6 heteroatoms. The Balaban J connectivity index is 1.68. The van der Waals surface area contributed by atoms with Crippen LogP contribution in [0, 0.1) is 0 Å². The molecular weight excluding hydrogens is 266 g/mol. The minimum Gasteiger partial charge on any atom is -0.381 e. The van der Waals surface area contributed by atoms with Gasteiger partial charge in [0.15, 0.2) is 5.82 Å². The van der Waals surface area contributed by atoms with Gasteiger partial charge in [-0.3, -0.25) is 4.98 Å². The van der Waals surface area contributed by atoms with Crippen LogP contribution in [0.2, 0.25) is 0 Å². The molecule has 4 rings (SSSR count). The molecule has 1 N–H and O–H groups in total. The number of rotatable bonds is 2. The van der Waals surface area contributed by atoms with E-state index in [-0.39, 0.29) is 6.04 Å². The summed E-state index contributed by atoms with van der Waals surface area (Å²) in [6, 6.07) is 4.19. The van der Waals surface area contributed by atoms with Crippen LogP contribution in [0.5, 0.6) is 0 Å². The summed E-state index contributed by atoms with van der Waals surface area (Å²) in [4.78, 5) is 4.09. The molecule has 0 radical (unpaired) electrons. The van der Waals surface area contributed by atoms with E-state index >= 15 is 0 Å². The van der Waals surface area contributed by atoms with E-state index < -0.39 is 0 Å². The highest BCUT2D eigenvalue weighted by atomic mass is 16.5. The van der Waals surface area contributed by atoms with E-state index in [1.54, 1.807) is 0 Å². The lowest BCUT2D eigenvalue weighted by atomic mass is 9.99. The van der Waals surface area contributed by atoms with Crippen LogP contribution < -0.4 is 5.32 Å². The van der Waals surface area contributed by atoms with Crippen LogP contribution >= 0.6 is 0 Å². The molecule has 0 saturated carbocycles. The summed E-state index contributed by atoms with van der Waals surface area (Å²) in [7, 11) is 0. The molecule has 0 amide bonds. The second-order valence-corrected chi connectivity index (χ2v) is 5.62. The number of hydrogen-bond acceptors (Lipinski definition) is 5. The zero-order chi connectivity index (χ0) is 14.1. The Bertz CT molecular complexity index is 606. The normalized spacial score (nSPS) is 23.0. The number of pyridine rings is 1. The van der Waals surface area contributed by atoms with Gasteiger partial charge in [-0.1, -0.05) is 0 Å². The molecule has 110 valence electrons. The molecule has 1 fully saturated rings. The summed E-state index contributed by atoms with van der Waals surface area (Å²) in [5, 5.41) is 12.5. The molecule has 0 bridgehead atoms. The topological polar surface area (TPSA) is 64.9 Å². The van der Waals surface area contributed by atoms with Crippen LogP contribution in [-0.2, 0) is 11.3 Å². The molecule has 1 unspecified atom stereocenters. The van der Waals surface area contributed by atoms with Crippen molar-refractivity contribution >= 4 is 0 Å². The number of hydrogen-bond donors (Lipinski definition) is 1. The summed E-state index contributed by atoms with van der Waals surface area (Å²) in [6.45, 7) is 3.54. The summed E-state index contributed by atoms with van der Waals surface area (Å²) in [5.41, 5.74) is 1.19. The number of nitrogens with one attached hydrogen (secondary N) is 1. The number of nitrogens with zero attached hydrogens (tertiary/aromatic N) is 4. The first-order valence-electron chi connectivity index (χ1n) is 7.57. The van der Waals surface area contributed by atoms with E-state index in [2.05, 4.69) is 25.1 Å². The molecule has 6 nitrogen and oxygen atoms in total. The molecule has 2 aliphatic heterocycles. The molecule has 0 aromatic carbocycles. The predicted octanol–water partition coefficient (Wildman–Crippen LogP) is 1.26. The largest absolute Gasteiger partial charge is 0.381 e. The van der Waals surface area contributed by atoms with Gasteiger partial charge >= 0.3 is 0 Å². The van der Waals surface area contributed by atoms with Crippen molar-refractivity contribution in [3.05, 3.63) is 41.7 Å². The molecule has 1 saturated heterocycles. The summed E-state index contributed by atoms with van der Waals surface area (Å²) in [5.74, 6) is 2.64. The van der Waals surface area contributed by atoms with Gasteiger partial charge in [-0.2, -0.15) is 0 Å². The van der Waals surface area contributed by atoms with Crippen molar-refractivity contribution in [2.45, 2.75) is 31.3 Å². The minimum absolute atomic E-state index is 0.114. The molecule has 0 spiro atoms. The van der Waals surface area contributed by atoms with Crippen molar-refractivity contribution in [2.75, 3.05) is 19.8 Å². The van der Waals surface area contributed by atoms with Crippen molar-refractivity contribution in [1.29, 1.82) is 0 Å². The quantitative estimate of drug-likeness (QED) is 0.900. The van der Waals surface area contributed by atoms with Crippen LogP contribution in [0.25, 0.3) is 0 Å². The van der Waals surface area contributed by atoms with Crippen molar-refractivity contribution in [3.8, 4) is 0 Å². The third-order valence-electron chi connectivity index (χ3n) is 4.38. The zero-order valence-corrected chi connectivity index (χ0v) is 11.9. The highest BCUT2D eigenvalue weighted by Gasteiger charge is 2.29. The molecule has 2 aromatic heterocycles. The van der Waals surface area contributed by atoms with E-state index in [0.717, 1.165) is 50.8 Å². The molecule has 4 heterocycles. The van der Waals surface area contributed by atoms with Crippen LogP contribution in [0.4, 0.5) is 0 Å². The fraction of sp³-hybridized carbons (Fsp3) is 0.533. The van der Waals surface area contributed by atoms with Crippen LogP contribution in [0.1, 0.15) is 42.0 Å². The standard InChI is InChI=1S/C15H19N5O/c1-5-16-6-2-11(1)13-15-19-18-14(20(15)8-7-17-13)12-3-9-21-10-4-12/h1-2,5-6,12-13,17H,3-4,7-10H2. The zero-order valence-electron chi connectivity index (χ0n) is 11.9. The second kappa shape index (κ2) is 5.54. The van der Waals surface area contributed by atoms with Crippen molar-refractivity contribution in [3.63, 3.8) is 0 Å². The van der Waals surface area contributed by atoms with Gasteiger partial charge in [0.25, 0.3) is 0 Å². The highest BCUT2D eigenvalue weighted by molar-refractivity contribution is 5.24. The van der Waals surface area contributed by atoms with Gasteiger partial charge in [0.05, 0.1) is 6.04 Å². The van der Waals surface area contributed by atoms with Crippen molar-refractivity contribution in [2.24, 2.45) is 0 Å². The van der Waals surface area contributed by atoms with Crippen molar-refractivity contribution in [1.82, 2.24) is 25.1 Å². The van der Waals surface area contributed by atoms with E-state index in [1.165, 1.54) is 5.56 Å². The lowest BCUT2D eigenvalue weighted by Crippen LogP contribution is -2.35. The van der Waals surface area contributed by atoms with Gasteiger partial charge in [0.1, 0.15) is 5.82 Å². The molecule has 1 atom stereocenters. The third kappa shape index (κ3) is 2.34. The molecule has 0 aliphatic carbocycles. The lowest BCUT2D eigenvalue weighted by molar-refractivity contribution is 0.0826.